The van der Waals surface area contributed by atoms with E-state index in [2.05, 4.69) is 57.6 Å². The number of carbonyl (C=O) groups is 1. The number of anilines is 2. The van der Waals surface area contributed by atoms with E-state index in [-0.39, 0.29) is 5.91 Å². The molecule has 0 spiro atoms. The van der Waals surface area contributed by atoms with Gasteiger partial charge < -0.3 is 10.2 Å². The van der Waals surface area contributed by atoms with Gasteiger partial charge in [-0.1, -0.05) is 36.8 Å². The number of para-hydroxylation sites is 1. The molecular weight excluding hydrogens is 378 g/mol. The Hall–Kier alpha value is -1.98. The van der Waals surface area contributed by atoms with Crippen molar-refractivity contribution >= 4 is 29.0 Å². The van der Waals surface area contributed by atoms with Crippen molar-refractivity contribution in [3.05, 3.63) is 60.2 Å². The lowest BCUT2D eigenvalue weighted by Gasteiger charge is -2.36. The van der Waals surface area contributed by atoms with Gasteiger partial charge in [0.25, 0.3) is 0 Å². The first-order valence-electron chi connectivity index (χ1n) is 10.6. The molecule has 3 rings (SSSR count). The minimum atomic E-state index is 0.0713. The maximum absolute atomic E-state index is 11.7. The van der Waals surface area contributed by atoms with Crippen molar-refractivity contribution in [2.75, 3.05) is 54.9 Å². The second-order valence-electron chi connectivity index (χ2n) is 7.66. The molecule has 1 fully saturated rings. The van der Waals surface area contributed by atoms with Gasteiger partial charge in [-0.15, -0.1) is 0 Å². The zero-order valence-electron chi connectivity index (χ0n) is 17.5. The van der Waals surface area contributed by atoms with E-state index in [4.69, 9.17) is 0 Å². The van der Waals surface area contributed by atoms with Gasteiger partial charge in [0.05, 0.1) is 5.75 Å². The van der Waals surface area contributed by atoms with Gasteiger partial charge in [0, 0.05) is 37.6 Å². The van der Waals surface area contributed by atoms with Gasteiger partial charge in [0.15, 0.2) is 0 Å². The third-order valence-electron chi connectivity index (χ3n) is 5.42. The summed E-state index contributed by atoms with van der Waals surface area (Å²) in [4.78, 5) is 16.8. The van der Waals surface area contributed by atoms with Crippen LogP contribution >= 0.6 is 11.8 Å². The van der Waals surface area contributed by atoms with Gasteiger partial charge in [-0.25, -0.2) is 0 Å². The largest absolute Gasteiger partial charge is 0.369 e. The molecule has 2 aromatic rings. The molecule has 0 unspecified atom stereocenters. The van der Waals surface area contributed by atoms with Crippen LogP contribution in [0.1, 0.15) is 24.8 Å². The number of hydrogen-bond acceptors (Lipinski definition) is 4. The molecule has 29 heavy (non-hydrogen) atoms. The molecule has 1 aliphatic rings. The number of carbonyl (C=O) groups excluding carboxylic acids is 1. The molecule has 1 heterocycles. The summed E-state index contributed by atoms with van der Waals surface area (Å²) < 4.78 is 0. The second-order valence-corrected chi connectivity index (χ2v) is 8.52. The lowest BCUT2D eigenvalue weighted by Crippen LogP contribution is -2.46. The standard InChI is InChI=1S/C24H33N3OS/c1-29-20-24(28)25-22-11-8-10-21(19-22)9-4-3-7-14-26-15-17-27(18-16-26)23-12-5-2-6-13-23/h2,5-6,8,10-13,19H,3-4,7,9,14-18,20H2,1H3,(H,25,28). The summed E-state index contributed by atoms with van der Waals surface area (Å²) >= 11 is 1.54. The molecule has 2 aromatic carbocycles. The van der Waals surface area contributed by atoms with Crippen molar-refractivity contribution < 1.29 is 4.79 Å². The van der Waals surface area contributed by atoms with Crippen LogP contribution < -0.4 is 10.2 Å². The molecule has 1 amide bonds. The van der Waals surface area contributed by atoms with Gasteiger partial charge in [0.1, 0.15) is 0 Å². The fourth-order valence-electron chi connectivity index (χ4n) is 3.84. The van der Waals surface area contributed by atoms with Crippen LogP contribution in [0.25, 0.3) is 0 Å². The Bertz CT molecular complexity index is 745. The Labute approximate surface area is 179 Å². The molecule has 0 saturated carbocycles. The summed E-state index contributed by atoms with van der Waals surface area (Å²) in [5, 5.41) is 2.97. The molecule has 0 radical (unpaired) electrons. The van der Waals surface area contributed by atoms with Crippen molar-refractivity contribution in [2.24, 2.45) is 0 Å². The molecule has 1 saturated heterocycles. The number of nitrogens with one attached hydrogen (secondary N) is 1. The number of nitrogens with zero attached hydrogens (tertiary/aromatic N) is 2. The summed E-state index contributed by atoms with van der Waals surface area (Å²) in [6, 6.07) is 19.0. The number of unbranched alkanes of at least 4 members (excludes halogenated alkanes) is 2. The highest BCUT2D eigenvalue weighted by atomic mass is 32.2. The SMILES string of the molecule is CSCC(=O)Nc1cccc(CCCCCN2CCN(c3ccccc3)CC2)c1. The number of hydrogen-bond donors (Lipinski definition) is 1. The third-order valence-corrected chi connectivity index (χ3v) is 5.97. The highest BCUT2D eigenvalue weighted by Gasteiger charge is 2.16. The number of thioether (sulfide) groups is 1. The third kappa shape index (κ3) is 7.41. The first-order chi connectivity index (χ1) is 14.2. The molecule has 0 atom stereocenters. The Morgan fingerprint density at radius 2 is 1.76 bits per heavy atom. The molecule has 5 heteroatoms. The van der Waals surface area contributed by atoms with Crippen LogP contribution in [-0.2, 0) is 11.2 Å². The van der Waals surface area contributed by atoms with Crippen molar-refractivity contribution in [2.45, 2.75) is 25.7 Å². The molecule has 0 bridgehead atoms. The topological polar surface area (TPSA) is 35.6 Å². The summed E-state index contributed by atoms with van der Waals surface area (Å²) in [5.74, 6) is 0.575. The average Bonchev–Trinajstić information content (AvgIpc) is 2.75. The molecule has 0 aliphatic carbocycles. The first kappa shape index (κ1) is 21.7. The van der Waals surface area contributed by atoms with Gasteiger partial charge in [-0.2, -0.15) is 11.8 Å². The van der Waals surface area contributed by atoms with Crippen LogP contribution in [0.2, 0.25) is 0 Å². The van der Waals surface area contributed by atoms with Crippen molar-refractivity contribution in [3.63, 3.8) is 0 Å². The van der Waals surface area contributed by atoms with Gasteiger partial charge in [0.2, 0.25) is 5.91 Å². The van der Waals surface area contributed by atoms with Gasteiger partial charge in [-0.3, -0.25) is 9.69 Å². The van der Waals surface area contributed by atoms with Crippen LogP contribution in [0.5, 0.6) is 0 Å². The lowest BCUT2D eigenvalue weighted by molar-refractivity contribution is -0.113. The zero-order valence-corrected chi connectivity index (χ0v) is 18.3. The zero-order chi connectivity index (χ0) is 20.3. The predicted molar refractivity (Wildman–Crippen MR) is 126 cm³/mol. The normalized spacial score (nSPS) is 14.7. The number of rotatable bonds is 10. The van der Waals surface area contributed by atoms with E-state index < -0.39 is 0 Å². The Morgan fingerprint density at radius 3 is 2.52 bits per heavy atom. The van der Waals surface area contributed by atoms with E-state index in [1.807, 2.05) is 18.4 Å². The van der Waals surface area contributed by atoms with E-state index in [0.717, 1.165) is 38.3 Å². The van der Waals surface area contributed by atoms with Crippen LogP contribution in [0, 0.1) is 0 Å². The number of piperazine rings is 1. The molecule has 0 aromatic heterocycles. The predicted octanol–water partition coefficient (Wildman–Crippen LogP) is 4.52. The van der Waals surface area contributed by atoms with Crippen molar-refractivity contribution in [1.82, 2.24) is 4.90 Å². The number of aryl methyl sites for hydroxylation is 1. The number of amides is 1. The van der Waals surface area contributed by atoms with Gasteiger partial charge >= 0.3 is 0 Å². The van der Waals surface area contributed by atoms with Crippen LogP contribution in [0.4, 0.5) is 11.4 Å². The Balaban J connectivity index is 1.30. The lowest BCUT2D eigenvalue weighted by atomic mass is 10.1. The fourth-order valence-corrected chi connectivity index (χ4v) is 4.18. The Morgan fingerprint density at radius 1 is 0.966 bits per heavy atom. The Kier molecular flexibility index (Phi) is 8.90. The molecule has 4 nitrogen and oxygen atoms in total. The number of benzene rings is 2. The minimum Gasteiger partial charge on any atom is -0.369 e. The summed E-state index contributed by atoms with van der Waals surface area (Å²) in [6.45, 7) is 5.77. The molecular formula is C24H33N3OS. The van der Waals surface area contributed by atoms with Crippen molar-refractivity contribution in [1.29, 1.82) is 0 Å². The molecule has 1 aliphatic heterocycles. The van der Waals surface area contributed by atoms with E-state index >= 15 is 0 Å². The molecule has 1 N–H and O–H groups in total. The van der Waals surface area contributed by atoms with Crippen LogP contribution in [0.3, 0.4) is 0 Å². The van der Waals surface area contributed by atoms with E-state index in [1.54, 1.807) is 11.8 Å². The quantitative estimate of drug-likeness (QED) is 0.583. The summed E-state index contributed by atoms with van der Waals surface area (Å²) in [7, 11) is 0. The van der Waals surface area contributed by atoms with Crippen molar-refractivity contribution in [3.8, 4) is 0 Å². The monoisotopic (exact) mass is 411 g/mol. The second kappa shape index (κ2) is 11.9. The average molecular weight is 412 g/mol. The fraction of sp³-hybridized carbons (Fsp3) is 0.458. The smallest absolute Gasteiger partial charge is 0.234 e. The molecule has 156 valence electrons. The summed E-state index contributed by atoms with van der Waals surface area (Å²) in [5.41, 5.74) is 3.57. The maximum Gasteiger partial charge on any atom is 0.234 e. The van der Waals surface area contributed by atoms with Gasteiger partial charge in [-0.05, 0) is 61.9 Å². The maximum atomic E-state index is 11.7. The van der Waals surface area contributed by atoms with E-state index in [0.29, 0.717) is 5.75 Å². The van der Waals surface area contributed by atoms with Crippen LogP contribution in [-0.4, -0.2) is 55.5 Å². The highest BCUT2D eigenvalue weighted by Crippen LogP contribution is 2.17. The van der Waals surface area contributed by atoms with Crippen LogP contribution in [0.15, 0.2) is 54.6 Å². The minimum absolute atomic E-state index is 0.0713. The van der Waals surface area contributed by atoms with E-state index in [9.17, 15) is 4.79 Å². The summed E-state index contributed by atoms with van der Waals surface area (Å²) in [6.07, 6.45) is 6.73. The first-order valence-corrected chi connectivity index (χ1v) is 12.0. The highest BCUT2D eigenvalue weighted by molar-refractivity contribution is 7.99. The van der Waals surface area contributed by atoms with E-state index in [1.165, 1.54) is 37.1 Å².